The highest BCUT2D eigenvalue weighted by molar-refractivity contribution is 5.80. The summed E-state index contributed by atoms with van der Waals surface area (Å²) in [5.41, 5.74) is 0. The molecule has 4 nitrogen and oxygen atoms in total. The molecule has 0 aromatic carbocycles. The van der Waals surface area contributed by atoms with Crippen LogP contribution >= 0.6 is 0 Å². The summed E-state index contributed by atoms with van der Waals surface area (Å²) in [6.45, 7) is 8.81. The Morgan fingerprint density at radius 2 is 1.86 bits per heavy atom. The molecule has 0 spiro atoms. The molecule has 0 aliphatic carbocycles. The van der Waals surface area contributed by atoms with Crippen molar-refractivity contribution in [3.63, 3.8) is 0 Å². The second-order valence-electron chi connectivity index (χ2n) is 4.39. The predicted octanol–water partition coefficient (Wildman–Crippen LogP) is 1.06. The molecule has 0 heterocycles. The first-order valence-corrected chi connectivity index (χ1v) is 5.10. The number of carbonyl (C=O) groups is 1. The van der Waals surface area contributed by atoms with Crippen LogP contribution in [-0.4, -0.2) is 18.6 Å². The van der Waals surface area contributed by atoms with Crippen molar-refractivity contribution in [2.45, 2.75) is 40.2 Å². The normalized spacial score (nSPS) is 13.4. The van der Waals surface area contributed by atoms with Gasteiger partial charge in [-0.1, -0.05) is 27.7 Å². The van der Waals surface area contributed by atoms with E-state index < -0.39 is 6.10 Å². The highest BCUT2D eigenvalue weighted by Crippen LogP contribution is 2.06. The van der Waals surface area contributed by atoms with Gasteiger partial charge in [0.25, 0.3) is 5.91 Å². The molecule has 14 heavy (non-hydrogen) atoms. The van der Waals surface area contributed by atoms with E-state index in [0.717, 1.165) is 0 Å². The Morgan fingerprint density at radius 3 is 2.21 bits per heavy atom. The topological polar surface area (TPSA) is 64.3 Å². The molecule has 0 fully saturated rings. The summed E-state index contributed by atoms with van der Waals surface area (Å²) in [6, 6.07) is 0. The fourth-order valence-electron chi connectivity index (χ4n) is 1.07. The summed E-state index contributed by atoms with van der Waals surface area (Å²) < 4.78 is 0. The van der Waals surface area contributed by atoms with Crippen LogP contribution in [0.3, 0.4) is 0 Å². The minimum absolute atomic E-state index is 0.116. The Hall–Kier alpha value is -0.610. The Bertz CT molecular complexity index is 170. The van der Waals surface area contributed by atoms with Crippen LogP contribution < -0.4 is 11.2 Å². The molecule has 0 aromatic heterocycles. The van der Waals surface area contributed by atoms with Gasteiger partial charge in [-0.3, -0.25) is 9.63 Å². The lowest BCUT2D eigenvalue weighted by Gasteiger charge is -2.17. The predicted molar refractivity (Wildman–Crippen MR) is 56.4 cm³/mol. The molecule has 0 rings (SSSR count). The SMILES string of the molecule is CC(C)CNC(=O)[C@@H](CC(C)C)ON. The van der Waals surface area contributed by atoms with Crippen LogP contribution in [-0.2, 0) is 9.63 Å². The van der Waals surface area contributed by atoms with Crippen molar-refractivity contribution in [3.8, 4) is 0 Å². The Morgan fingerprint density at radius 1 is 1.29 bits per heavy atom. The molecule has 84 valence electrons. The van der Waals surface area contributed by atoms with E-state index >= 15 is 0 Å². The van der Waals surface area contributed by atoms with Crippen LogP contribution in [0.1, 0.15) is 34.1 Å². The third-order valence-corrected chi connectivity index (χ3v) is 1.83. The third-order valence-electron chi connectivity index (χ3n) is 1.83. The summed E-state index contributed by atoms with van der Waals surface area (Å²) in [4.78, 5) is 16.1. The average Bonchev–Trinajstić information content (AvgIpc) is 2.09. The molecule has 0 aromatic rings. The van der Waals surface area contributed by atoms with Gasteiger partial charge in [0.1, 0.15) is 0 Å². The number of hydrogen-bond donors (Lipinski definition) is 2. The van der Waals surface area contributed by atoms with Crippen LogP contribution in [0.15, 0.2) is 0 Å². The van der Waals surface area contributed by atoms with E-state index in [9.17, 15) is 4.79 Å². The van der Waals surface area contributed by atoms with Gasteiger partial charge < -0.3 is 5.32 Å². The molecule has 1 amide bonds. The van der Waals surface area contributed by atoms with E-state index in [1.54, 1.807) is 0 Å². The van der Waals surface area contributed by atoms with Crippen LogP contribution in [0.4, 0.5) is 0 Å². The van der Waals surface area contributed by atoms with Crippen LogP contribution in [0, 0.1) is 11.8 Å². The maximum atomic E-state index is 11.5. The summed E-state index contributed by atoms with van der Waals surface area (Å²) in [7, 11) is 0. The maximum absolute atomic E-state index is 11.5. The molecule has 0 saturated heterocycles. The van der Waals surface area contributed by atoms with Crippen molar-refractivity contribution < 1.29 is 9.63 Å². The smallest absolute Gasteiger partial charge is 0.251 e. The zero-order valence-corrected chi connectivity index (χ0v) is 9.54. The summed E-state index contributed by atoms with van der Waals surface area (Å²) in [5.74, 6) is 5.79. The third kappa shape index (κ3) is 5.94. The Labute approximate surface area is 86.1 Å². The lowest BCUT2D eigenvalue weighted by atomic mass is 10.1. The maximum Gasteiger partial charge on any atom is 0.251 e. The monoisotopic (exact) mass is 202 g/mol. The van der Waals surface area contributed by atoms with Crippen LogP contribution in [0.2, 0.25) is 0 Å². The van der Waals surface area contributed by atoms with E-state index in [-0.39, 0.29) is 5.91 Å². The van der Waals surface area contributed by atoms with E-state index in [1.807, 2.05) is 27.7 Å². The second kappa shape index (κ2) is 6.79. The first-order valence-electron chi connectivity index (χ1n) is 5.10. The lowest BCUT2D eigenvalue weighted by molar-refractivity contribution is -0.134. The first-order chi connectivity index (χ1) is 6.47. The first kappa shape index (κ1) is 13.4. The van der Waals surface area contributed by atoms with Crippen molar-refractivity contribution in [3.05, 3.63) is 0 Å². The van der Waals surface area contributed by atoms with Gasteiger partial charge in [-0.05, 0) is 18.3 Å². The highest BCUT2D eigenvalue weighted by atomic mass is 16.6. The van der Waals surface area contributed by atoms with Gasteiger partial charge in [-0.15, -0.1) is 0 Å². The minimum Gasteiger partial charge on any atom is -0.354 e. The highest BCUT2D eigenvalue weighted by Gasteiger charge is 2.19. The van der Waals surface area contributed by atoms with Gasteiger partial charge in [0.2, 0.25) is 0 Å². The van der Waals surface area contributed by atoms with Crippen molar-refractivity contribution in [1.82, 2.24) is 5.32 Å². The molecule has 0 aliphatic heterocycles. The Balaban J connectivity index is 3.92. The molecule has 0 unspecified atom stereocenters. The largest absolute Gasteiger partial charge is 0.354 e. The Kier molecular flexibility index (Phi) is 6.49. The van der Waals surface area contributed by atoms with Gasteiger partial charge in [-0.2, -0.15) is 0 Å². The summed E-state index contributed by atoms with van der Waals surface area (Å²) >= 11 is 0. The van der Waals surface area contributed by atoms with Gasteiger partial charge in [0, 0.05) is 6.54 Å². The van der Waals surface area contributed by atoms with Gasteiger partial charge in [0.05, 0.1) is 0 Å². The van der Waals surface area contributed by atoms with E-state index in [4.69, 9.17) is 5.90 Å². The number of rotatable bonds is 6. The summed E-state index contributed by atoms with van der Waals surface area (Å²) in [6.07, 6.45) is 0.134. The fraction of sp³-hybridized carbons (Fsp3) is 0.900. The van der Waals surface area contributed by atoms with Crippen molar-refractivity contribution >= 4 is 5.91 Å². The number of hydrogen-bond acceptors (Lipinski definition) is 3. The fourth-order valence-corrected chi connectivity index (χ4v) is 1.07. The zero-order valence-electron chi connectivity index (χ0n) is 9.54. The van der Waals surface area contributed by atoms with Crippen LogP contribution in [0.25, 0.3) is 0 Å². The molecular formula is C10H22N2O2. The molecule has 0 radical (unpaired) electrons. The van der Waals surface area contributed by atoms with Gasteiger partial charge >= 0.3 is 0 Å². The minimum atomic E-state index is -0.520. The standard InChI is InChI=1S/C10H22N2O2/c1-7(2)5-9(14-11)10(13)12-6-8(3)4/h7-9H,5-6,11H2,1-4H3,(H,12,13)/t9-/m1/s1. The number of nitrogens with one attached hydrogen (secondary N) is 1. The quantitative estimate of drug-likeness (QED) is 0.633. The average molecular weight is 202 g/mol. The molecule has 0 aliphatic rings. The zero-order chi connectivity index (χ0) is 11.1. The molecular weight excluding hydrogens is 180 g/mol. The van der Waals surface area contributed by atoms with E-state index in [0.29, 0.717) is 24.8 Å². The second-order valence-corrected chi connectivity index (χ2v) is 4.39. The van der Waals surface area contributed by atoms with Crippen LogP contribution in [0.5, 0.6) is 0 Å². The van der Waals surface area contributed by atoms with Crippen molar-refractivity contribution in [2.75, 3.05) is 6.54 Å². The molecule has 4 heteroatoms. The van der Waals surface area contributed by atoms with E-state index in [2.05, 4.69) is 10.2 Å². The molecule has 1 atom stereocenters. The lowest BCUT2D eigenvalue weighted by Crippen LogP contribution is -2.40. The number of carbonyl (C=O) groups excluding carboxylic acids is 1. The van der Waals surface area contributed by atoms with Crippen molar-refractivity contribution in [2.24, 2.45) is 17.7 Å². The number of amides is 1. The molecule has 0 bridgehead atoms. The van der Waals surface area contributed by atoms with Gasteiger partial charge in [-0.25, -0.2) is 5.90 Å². The summed E-state index contributed by atoms with van der Waals surface area (Å²) in [5, 5.41) is 2.79. The van der Waals surface area contributed by atoms with Gasteiger partial charge in [0.15, 0.2) is 6.10 Å². The molecule has 3 N–H and O–H groups in total. The van der Waals surface area contributed by atoms with Crippen molar-refractivity contribution in [1.29, 1.82) is 0 Å². The number of nitrogens with two attached hydrogens (primary N) is 1. The molecule has 0 saturated carbocycles. The van der Waals surface area contributed by atoms with E-state index in [1.165, 1.54) is 0 Å².